The number of pyridine rings is 2. The van der Waals surface area contributed by atoms with Gasteiger partial charge in [0.1, 0.15) is 5.82 Å². The van der Waals surface area contributed by atoms with Gasteiger partial charge in [0, 0.05) is 29.6 Å². The van der Waals surface area contributed by atoms with E-state index in [1.807, 2.05) is 19.1 Å². The smallest absolute Gasteiger partial charge is 0.172 e. The summed E-state index contributed by atoms with van der Waals surface area (Å²) < 4.78 is 1.83. The van der Waals surface area contributed by atoms with Gasteiger partial charge >= 0.3 is 0 Å². The second-order valence-electron chi connectivity index (χ2n) is 4.06. The van der Waals surface area contributed by atoms with Gasteiger partial charge in [-0.2, -0.15) is 0 Å². The quantitative estimate of drug-likeness (QED) is 0.746. The Bertz CT molecular complexity index is 619. The highest BCUT2D eigenvalue weighted by molar-refractivity contribution is 9.11. The van der Waals surface area contributed by atoms with E-state index in [0.717, 1.165) is 20.1 Å². The first kappa shape index (κ1) is 15.3. The molecule has 0 aliphatic rings. The fourth-order valence-electron chi connectivity index (χ4n) is 1.48. The largest absolute Gasteiger partial charge is 0.358 e. The molecule has 0 aliphatic carbocycles. The highest BCUT2D eigenvalue weighted by Crippen LogP contribution is 2.29. The second kappa shape index (κ2) is 7.10. The summed E-state index contributed by atoms with van der Waals surface area (Å²) in [7, 11) is 0. The summed E-state index contributed by atoms with van der Waals surface area (Å²) in [6.07, 6.45) is 5.28. The predicted molar refractivity (Wildman–Crippen MR) is 91.7 cm³/mol. The first-order valence-electron chi connectivity index (χ1n) is 5.82. The van der Waals surface area contributed by atoms with Crippen LogP contribution in [-0.2, 0) is 6.54 Å². The lowest BCUT2D eigenvalue weighted by Crippen LogP contribution is -2.28. The Labute approximate surface area is 139 Å². The summed E-state index contributed by atoms with van der Waals surface area (Å²) in [5.41, 5.74) is 2.13. The van der Waals surface area contributed by atoms with Gasteiger partial charge in [0.25, 0.3) is 0 Å². The normalized spacial score (nSPS) is 10.2. The van der Waals surface area contributed by atoms with Crippen LogP contribution in [0.25, 0.3) is 0 Å². The highest BCUT2D eigenvalue weighted by atomic mass is 79.9. The minimum Gasteiger partial charge on any atom is -0.358 e. The molecule has 0 spiro atoms. The number of halogens is 2. The average molecular weight is 416 g/mol. The molecule has 0 atom stereocenters. The number of aromatic nitrogens is 2. The van der Waals surface area contributed by atoms with Crippen LogP contribution < -0.4 is 10.6 Å². The molecule has 0 saturated heterocycles. The van der Waals surface area contributed by atoms with Gasteiger partial charge in [-0.3, -0.25) is 4.98 Å². The molecule has 7 heteroatoms. The summed E-state index contributed by atoms with van der Waals surface area (Å²) in [4.78, 5) is 8.34. The van der Waals surface area contributed by atoms with Crippen molar-refractivity contribution in [2.45, 2.75) is 13.5 Å². The van der Waals surface area contributed by atoms with Crippen molar-refractivity contribution in [2.75, 3.05) is 5.32 Å². The van der Waals surface area contributed by atoms with E-state index in [4.69, 9.17) is 12.2 Å². The molecule has 104 valence electrons. The number of nitrogens with zero attached hydrogens (tertiary/aromatic N) is 2. The topological polar surface area (TPSA) is 49.8 Å². The summed E-state index contributed by atoms with van der Waals surface area (Å²) in [5.74, 6) is 0.689. The molecule has 4 nitrogen and oxygen atoms in total. The average Bonchev–Trinajstić information content (AvgIpc) is 2.47. The number of thiocarbonyl (C=S) groups is 1. The second-order valence-corrected chi connectivity index (χ2v) is 6.12. The molecule has 0 bridgehead atoms. The standard InChI is InChI=1S/C13H12Br2N4S/c1-8-10(14)7-17-12(11(8)15)19-13(20)18-6-9-3-2-4-16-5-9/h2-5,7H,6H2,1H3,(H2,17,18,19,20). The summed E-state index contributed by atoms with van der Waals surface area (Å²) in [6, 6.07) is 3.88. The van der Waals surface area contributed by atoms with E-state index in [0.29, 0.717) is 17.5 Å². The van der Waals surface area contributed by atoms with Crippen molar-refractivity contribution in [2.24, 2.45) is 0 Å². The Kier molecular flexibility index (Phi) is 5.45. The molecule has 2 aromatic rings. The van der Waals surface area contributed by atoms with E-state index >= 15 is 0 Å². The molecule has 0 radical (unpaired) electrons. The third-order valence-corrected chi connectivity index (χ3v) is 4.63. The van der Waals surface area contributed by atoms with Gasteiger partial charge in [0.15, 0.2) is 5.11 Å². The van der Waals surface area contributed by atoms with Crippen molar-refractivity contribution in [1.29, 1.82) is 0 Å². The molecule has 2 rings (SSSR count). The van der Waals surface area contributed by atoms with E-state index in [1.54, 1.807) is 18.6 Å². The predicted octanol–water partition coefficient (Wildman–Crippen LogP) is 3.80. The molecule has 0 saturated carbocycles. The maximum atomic E-state index is 5.26. The van der Waals surface area contributed by atoms with Crippen LogP contribution in [0.1, 0.15) is 11.1 Å². The summed E-state index contributed by atoms with van der Waals surface area (Å²) in [6.45, 7) is 2.61. The van der Waals surface area contributed by atoms with Crippen molar-refractivity contribution in [1.82, 2.24) is 15.3 Å². The van der Waals surface area contributed by atoms with Crippen LogP contribution in [0.5, 0.6) is 0 Å². The minimum absolute atomic E-state index is 0.517. The van der Waals surface area contributed by atoms with Gasteiger partial charge in [-0.1, -0.05) is 6.07 Å². The van der Waals surface area contributed by atoms with Crippen LogP contribution in [0.4, 0.5) is 5.82 Å². The molecular formula is C13H12Br2N4S. The van der Waals surface area contributed by atoms with Crippen LogP contribution in [0, 0.1) is 6.92 Å². The van der Waals surface area contributed by atoms with Gasteiger partial charge in [0.2, 0.25) is 0 Å². The fraction of sp³-hybridized carbons (Fsp3) is 0.154. The van der Waals surface area contributed by atoms with Crippen LogP contribution in [0.15, 0.2) is 39.7 Å². The van der Waals surface area contributed by atoms with Crippen molar-refractivity contribution in [3.8, 4) is 0 Å². The monoisotopic (exact) mass is 414 g/mol. The Morgan fingerprint density at radius 1 is 1.35 bits per heavy atom. The van der Waals surface area contributed by atoms with Gasteiger partial charge in [-0.05, 0) is 68.2 Å². The number of hydrogen-bond acceptors (Lipinski definition) is 3. The summed E-state index contributed by atoms with van der Waals surface area (Å²) >= 11 is 12.2. The van der Waals surface area contributed by atoms with Gasteiger partial charge in [-0.15, -0.1) is 0 Å². The van der Waals surface area contributed by atoms with E-state index in [-0.39, 0.29) is 0 Å². The highest BCUT2D eigenvalue weighted by Gasteiger charge is 2.08. The lowest BCUT2D eigenvalue weighted by molar-refractivity contribution is 0.915. The first-order valence-corrected chi connectivity index (χ1v) is 7.81. The first-order chi connectivity index (χ1) is 9.58. The van der Waals surface area contributed by atoms with Gasteiger partial charge in [0.05, 0.1) is 4.47 Å². The van der Waals surface area contributed by atoms with E-state index < -0.39 is 0 Å². The molecule has 0 fully saturated rings. The Balaban J connectivity index is 1.97. The maximum absolute atomic E-state index is 5.26. The number of rotatable bonds is 3. The lowest BCUT2D eigenvalue weighted by Gasteiger charge is -2.12. The van der Waals surface area contributed by atoms with Gasteiger partial charge < -0.3 is 10.6 Å². The molecular weight excluding hydrogens is 404 g/mol. The minimum atomic E-state index is 0.517. The fourth-order valence-corrected chi connectivity index (χ4v) is 2.63. The van der Waals surface area contributed by atoms with Crippen molar-refractivity contribution in [3.63, 3.8) is 0 Å². The van der Waals surface area contributed by atoms with Crippen molar-refractivity contribution < 1.29 is 0 Å². The molecule has 0 aromatic carbocycles. The molecule has 0 unspecified atom stereocenters. The number of nitrogens with one attached hydrogen (secondary N) is 2. The molecule has 0 aliphatic heterocycles. The lowest BCUT2D eigenvalue weighted by atomic mass is 10.3. The number of anilines is 1. The zero-order valence-corrected chi connectivity index (χ0v) is 14.6. The zero-order valence-electron chi connectivity index (χ0n) is 10.7. The Morgan fingerprint density at radius 3 is 2.85 bits per heavy atom. The van der Waals surface area contributed by atoms with Crippen LogP contribution in [0.3, 0.4) is 0 Å². The number of hydrogen-bond donors (Lipinski definition) is 2. The van der Waals surface area contributed by atoms with E-state index in [9.17, 15) is 0 Å². The maximum Gasteiger partial charge on any atom is 0.172 e. The van der Waals surface area contributed by atoms with Crippen LogP contribution in [0.2, 0.25) is 0 Å². The molecule has 20 heavy (non-hydrogen) atoms. The molecule has 2 aromatic heterocycles. The van der Waals surface area contributed by atoms with Crippen molar-refractivity contribution in [3.05, 3.63) is 50.8 Å². The molecule has 0 amide bonds. The SMILES string of the molecule is Cc1c(Br)cnc(NC(=S)NCc2cccnc2)c1Br. The van der Waals surface area contributed by atoms with Crippen LogP contribution in [-0.4, -0.2) is 15.1 Å². The van der Waals surface area contributed by atoms with Gasteiger partial charge in [-0.25, -0.2) is 4.98 Å². The van der Waals surface area contributed by atoms with Crippen molar-refractivity contribution >= 4 is 55.0 Å². The Morgan fingerprint density at radius 2 is 2.15 bits per heavy atom. The third kappa shape index (κ3) is 3.97. The zero-order chi connectivity index (χ0) is 14.5. The van der Waals surface area contributed by atoms with E-state index in [2.05, 4.69) is 52.5 Å². The van der Waals surface area contributed by atoms with E-state index in [1.165, 1.54) is 0 Å². The molecule has 2 heterocycles. The van der Waals surface area contributed by atoms with Crippen LogP contribution >= 0.6 is 44.1 Å². The summed E-state index contributed by atoms with van der Waals surface area (Å²) in [5, 5.41) is 6.70. The molecule has 2 N–H and O–H groups in total. The Hall–Kier alpha value is -1.05. The third-order valence-electron chi connectivity index (χ3n) is 2.61.